The fourth-order valence-corrected chi connectivity index (χ4v) is 3.11. The Labute approximate surface area is 118 Å². The highest BCUT2D eigenvalue weighted by atomic mass is 16.6. The van der Waals surface area contributed by atoms with Gasteiger partial charge in [0, 0.05) is 24.9 Å². The summed E-state index contributed by atoms with van der Waals surface area (Å²) in [6, 6.07) is 9.64. The molecule has 2 aliphatic rings. The predicted molar refractivity (Wildman–Crippen MR) is 74.1 cm³/mol. The van der Waals surface area contributed by atoms with E-state index in [1.165, 1.54) is 0 Å². The Kier molecular flexibility index (Phi) is 3.47. The molecule has 0 radical (unpaired) electrons. The molecule has 1 spiro atoms. The summed E-state index contributed by atoms with van der Waals surface area (Å²) in [6.45, 7) is 1.53. The molecule has 1 saturated carbocycles. The number of benzene rings is 1. The first kappa shape index (κ1) is 13.2. The SMILES string of the molecule is O=C(OCc1ccccc1)N1CCCC2(CCC2=O)C1. The van der Waals surface area contributed by atoms with Crippen molar-refractivity contribution >= 4 is 11.9 Å². The minimum Gasteiger partial charge on any atom is -0.445 e. The lowest BCUT2D eigenvalue weighted by Gasteiger charge is -2.46. The van der Waals surface area contributed by atoms with Crippen LogP contribution in [0.4, 0.5) is 4.79 Å². The van der Waals surface area contributed by atoms with Gasteiger partial charge in [-0.15, -0.1) is 0 Å². The number of rotatable bonds is 2. The Hall–Kier alpha value is -1.84. The zero-order valence-electron chi connectivity index (χ0n) is 11.5. The van der Waals surface area contributed by atoms with E-state index in [0.29, 0.717) is 25.3 Å². The molecule has 1 aromatic carbocycles. The lowest BCUT2D eigenvalue weighted by atomic mass is 9.63. The molecule has 3 rings (SSSR count). The second kappa shape index (κ2) is 5.27. The van der Waals surface area contributed by atoms with Crippen LogP contribution < -0.4 is 0 Å². The maximum Gasteiger partial charge on any atom is 0.410 e. The second-order valence-corrected chi connectivity index (χ2v) is 5.77. The standard InChI is InChI=1S/C16H19NO3/c18-14-7-9-16(14)8-4-10-17(12-16)15(19)20-11-13-5-2-1-3-6-13/h1-3,5-6H,4,7-12H2. The zero-order chi connectivity index (χ0) is 14.0. The van der Waals surface area contributed by atoms with Gasteiger partial charge in [0.1, 0.15) is 12.4 Å². The molecule has 1 aliphatic heterocycles. The van der Waals surface area contributed by atoms with Crippen LogP contribution >= 0.6 is 0 Å². The third kappa shape index (κ3) is 2.42. The second-order valence-electron chi connectivity index (χ2n) is 5.77. The number of likely N-dealkylation sites (tertiary alicyclic amines) is 1. The van der Waals surface area contributed by atoms with Gasteiger partial charge in [-0.1, -0.05) is 30.3 Å². The molecule has 1 amide bonds. The van der Waals surface area contributed by atoms with Gasteiger partial charge in [-0.25, -0.2) is 4.79 Å². The van der Waals surface area contributed by atoms with E-state index in [0.717, 1.165) is 24.8 Å². The number of Topliss-reactive ketones (excluding diaryl/α,β-unsaturated/α-hetero) is 1. The molecule has 4 heteroatoms. The van der Waals surface area contributed by atoms with Crippen LogP contribution in [0.3, 0.4) is 0 Å². The molecular formula is C16H19NO3. The summed E-state index contributed by atoms with van der Waals surface area (Å²) in [6.07, 6.45) is 3.12. The number of ketones is 1. The zero-order valence-corrected chi connectivity index (χ0v) is 11.5. The molecule has 0 aromatic heterocycles. The molecule has 1 aromatic rings. The topological polar surface area (TPSA) is 46.6 Å². The van der Waals surface area contributed by atoms with Crippen molar-refractivity contribution in [3.63, 3.8) is 0 Å². The van der Waals surface area contributed by atoms with Crippen LogP contribution in [0.5, 0.6) is 0 Å². The summed E-state index contributed by atoms with van der Waals surface area (Å²) in [5.74, 6) is 0.318. The predicted octanol–water partition coefficient (Wildman–Crippen LogP) is 2.77. The Bertz CT molecular complexity index is 514. The number of piperidine rings is 1. The number of nitrogens with zero attached hydrogens (tertiary/aromatic N) is 1. The van der Waals surface area contributed by atoms with Crippen LogP contribution in [0.2, 0.25) is 0 Å². The van der Waals surface area contributed by atoms with E-state index < -0.39 is 0 Å². The number of amides is 1. The first-order chi connectivity index (χ1) is 9.70. The van der Waals surface area contributed by atoms with Crippen molar-refractivity contribution in [3.8, 4) is 0 Å². The van der Waals surface area contributed by atoms with Crippen LogP contribution in [-0.2, 0) is 16.1 Å². The van der Waals surface area contributed by atoms with E-state index in [1.807, 2.05) is 30.3 Å². The van der Waals surface area contributed by atoms with E-state index in [-0.39, 0.29) is 18.1 Å². The van der Waals surface area contributed by atoms with E-state index >= 15 is 0 Å². The highest BCUT2D eigenvalue weighted by molar-refractivity contribution is 5.91. The smallest absolute Gasteiger partial charge is 0.410 e. The summed E-state index contributed by atoms with van der Waals surface area (Å²) >= 11 is 0. The van der Waals surface area contributed by atoms with Gasteiger partial charge in [0.2, 0.25) is 0 Å². The van der Waals surface area contributed by atoms with Gasteiger partial charge in [-0.2, -0.15) is 0 Å². The number of carbonyl (C=O) groups excluding carboxylic acids is 2. The number of hydrogen-bond donors (Lipinski definition) is 0. The van der Waals surface area contributed by atoms with Crippen LogP contribution in [0.1, 0.15) is 31.2 Å². The summed E-state index contributed by atoms with van der Waals surface area (Å²) in [4.78, 5) is 25.6. The van der Waals surface area contributed by atoms with E-state index in [2.05, 4.69) is 0 Å². The van der Waals surface area contributed by atoms with Gasteiger partial charge in [0.15, 0.2) is 0 Å². The lowest BCUT2D eigenvalue weighted by molar-refractivity contribution is -0.142. The summed E-state index contributed by atoms with van der Waals surface area (Å²) in [7, 11) is 0. The largest absolute Gasteiger partial charge is 0.445 e. The van der Waals surface area contributed by atoms with Gasteiger partial charge in [-0.3, -0.25) is 4.79 Å². The lowest BCUT2D eigenvalue weighted by Crippen LogP contribution is -2.54. The number of hydrogen-bond acceptors (Lipinski definition) is 3. The molecule has 1 saturated heterocycles. The van der Waals surface area contributed by atoms with Crippen molar-refractivity contribution in [2.75, 3.05) is 13.1 Å². The molecule has 1 unspecified atom stereocenters. The van der Waals surface area contributed by atoms with E-state index in [1.54, 1.807) is 4.90 Å². The summed E-state index contributed by atoms with van der Waals surface area (Å²) < 4.78 is 5.34. The minimum atomic E-state index is -0.298. The van der Waals surface area contributed by atoms with Gasteiger partial charge in [-0.05, 0) is 24.8 Å². The molecule has 1 heterocycles. The van der Waals surface area contributed by atoms with Crippen molar-refractivity contribution in [2.24, 2.45) is 5.41 Å². The molecule has 106 valence electrons. The molecule has 1 atom stereocenters. The van der Waals surface area contributed by atoms with E-state index in [9.17, 15) is 9.59 Å². The monoisotopic (exact) mass is 273 g/mol. The van der Waals surface area contributed by atoms with Crippen molar-refractivity contribution in [2.45, 2.75) is 32.3 Å². The highest BCUT2D eigenvalue weighted by Gasteiger charge is 2.49. The van der Waals surface area contributed by atoms with Crippen molar-refractivity contribution in [3.05, 3.63) is 35.9 Å². The molecule has 2 fully saturated rings. The fraction of sp³-hybridized carbons (Fsp3) is 0.500. The molecule has 4 nitrogen and oxygen atoms in total. The van der Waals surface area contributed by atoms with Gasteiger partial charge < -0.3 is 9.64 Å². The van der Waals surface area contributed by atoms with Gasteiger partial charge >= 0.3 is 6.09 Å². The maximum absolute atomic E-state index is 12.1. The van der Waals surface area contributed by atoms with Crippen molar-refractivity contribution in [1.29, 1.82) is 0 Å². The average molecular weight is 273 g/mol. The first-order valence-corrected chi connectivity index (χ1v) is 7.19. The number of ether oxygens (including phenoxy) is 1. The minimum absolute atomic E-state index is 0.246. The summed E-state index contributed by atoms with van der Waals surface area (Å²) in [5, 5.41) is 0. The number of carbonyl (C=O) groups is 2. The Morgan fingerprint density at radius 3 is 2.70 bits per heavy atom. The van der Waals surface area contributed by atoms with Gasteiger partial charge in [0.05, 0.1) is 0 Å². The van der Waals surface area contributed by atoms with E-state index in [4.69, 9.17) is 4.74 Å². The fourth-order valence-electron chi connectivity index (χ4n) is 3.11. The Balaban J connectivity index is 1.56. The van der Waals surface area contributed by atoms with Crippen LogP contribution in [0, 0.1) is 5.41 Å². The third-order valence-corrected chi connectivity index (χ3v) is 4.46. The van der Waals surface area contributed by atoms with Crippen LogP contribution in [-0.4, -0.2) is 29.9 Å². The molecule has 20 heavy (non-hydrogen) atoms. The van der Waals surface area contributed by atoms with Crippen LogP contribution in [0.25, 0.3) is 0 Å². The Morgan fingerprint density at radius 2 is 2.05 bits per heavy atom. The highest BCUT2D eigenvalue weighted by Crippen LogP contribution is 2.44. The average Bonchev–Trinajstić information content (AvgIpc) is 2.52. The molecular weight excluding hydrogens is 254 g/mol. The first-order valence-electron chi connectivity index (χ1n) is 7.19. The normalized spacial score (nSPS) is 25.4. The third-order valence-electron chi connectivity index (χ3n) is 4.46. The van der Waals surface area contributed by atoms with Gasteiger partial charge in [0.25, 0.3) is 0 Å². The molecule has 0 N–H and O–H groups in total. The summed E-state index contributed by atoms with van der Waals surface area (Å²) in [5.41, 5.74) is 0.733. The Morgan fingerprint density at radius 1 is 1.25 bits per heavy atom. The quantitative estimate of drug-likeness (QED) is 0.832. The van der Waals surface area contributed by atoms with Crippen molar-refractivity contribution in [1.82, 2.24) is 4.90 Å². The van der Waals surface area contributed by atoms with Crippen LogP contribution in [0.15, 0.2) is 30.3 Å². The molecule has 1 aliphatic carbocycles. The maximum atomic E-state index is 12.1. The van der Waals surface area contributed by atoms with Crippen molar-refractivity contribution < 1.29 is 14.3 Å². The molecule has 0 bridgehead atoms.